The molecule has 1 aliphatic rings. The zero-order chi connectivity index (χ0) is 12.3. The number of amidine groups is 1. The molecule has 92 valence electrons. The topological polar surface area (TPSA) is 77.1 Å². The molecule has 1 saturated heterocycles. The van der Waals surface area contributed by atoms with Gasteiger partial charge in [0.2, 0.25) is 0 Å². The second kappa shape index (κ2) is 5.25. The molecule has 2 rings (SSSR count). The highest BCUT2D eigenvalue weighted by atomic mass is 35.5. The third kappa shape index (κ3) is 2.81. The number of nitrogens with zero attached hydrogens (tertiary/aromatic N) is 1. The van der Waals surface area contributed by atoms with E-state index in [0.717, 1.165) is 6.42 Å². The van der Waals surface area contributed by atoms with E-state index in [0.29, 0.717) is 29.5 Å². The van der Waals surface area contributed by atoms with E-state index in [1.807, 2.05) is 0 Å². The average Bonchev–Trinajstić information content (AvgIpc) is 2.81. The van der Waals surface area contributed by atoms with Crippen molar-refractivity contribution in [2.45, 2.75) is 12.5 Å². The third-order valence-corrected chi connectivity index (χ3v) is 2.74. The normalized spacial score (nSPS) is 20.5. The van der Waals surface area contributed by atoms with Crippen LogP contribution < -0.4 is 10.5 Å². The second-order valence-electron chi connectivity index (χ2n) is 3.73. The molecule has 0 bridgehead atoms. The summed E-state index contributed by atoms with van der Waals surface area (Å²) in [4.78, 5) is 0. The molecule has 1 aromatic rings. The van der Waals surface area contributed by atoms with Crippen LogP contribution in [0.2, 0.25) is 5.02 Å². The number of benzene rings is 1. The Morgan fingerprint density at radius 2 is 2.41 bits per heavy atom. The van der Waals surface area contributed by atoms with E-state index in [9.17, 15) is 0 Å². The summed E-state index contributed by atoms with van der Waals surface area (Å²) in [7, 11) is 0. The fourth-order valence-electron chi connectivity index (χ4n) is 1.64. The zero-order valence-electron chi connectivity index (χ0n) is 9.10. The van der Waals surface area contributed by atoms with E-state index < -0.39 is 0 Å². The summed E-state index contributed by atoms with van der Waals surface area (Å²) >= 11 is 5.90. The van der Waals surface area contributed by atoms with Crippen molar-refractivity contribution in [2.24, 2.45) is 10.9 Å². The minimum atomic E-state index is -0.0151. The molecule has 6 heteroatoms. The molecule has 1 atom stereocenters. The van der Waals surface area contributed by atoms with Gasteiger partial charge in [0.15, 0.2) is 5.84 Å². The maximum absolute atomic E-state index is 8.69. The monoisotopic (exact) mass is 256 g/mol. The average molecular weight is 257 g/mol. The first kappa shape index (κ1) is 12.0. The van der Waals surface area contributed by atoms with Crippen molar-refractivity contribution in [1.82, 2.24) is 0 Å². The predicted molar refractivity (Wildman–Crippen MR) is 63.8 cm³/mol. The Kier molecular flexibility index (Phi) is 3.71. The molecule has 1 heterocycles. The zero-order valence-corrected chi connectivity index (χ0v) is 9.85. The summed E-state index contributed by atoms with van der Waals surface area (Å²) in [5.41, 5.74) is 6.08. The Hall–Kier alpha value is -1.46. The minimum Gasteiger partial charge on any atom is -0.487 e. The highest BCUT2D eigenvalue weighted by Crippen LogP contribution is 2.25. The van der Waals surface area contributed by atoms with Gasteiger partial charge < -0.3 is 20.4 Å². The minimum absolute atomic E-state index is 0.00409. The van der Waals surface area contributed by atoms with E-state index in [1.54, 1.807) is 18.2 Å². The number of ether oxygens (including phenoxy) is 2. The molecule has 3 N–H and O–H groups in total. The van der Waals surface area contributed by atoms with Gasteiger partial charge in [-0.25, -0.2) is 0 Å². The fourth-order valence-corrected chi connectivity index (χ4v) is 1.81. The van der Waals surface area contributed by atoms with Gasteiger partial charge in [0.1, 0.15) is 11.9 Å². The lowest BCUT2D eigenvalue weighted by molar-refractivity contribution is 0.141. The predicted octanol–water partition coefficient (Wildman–Crippen LogP) is 1.60. The molecule has 1 unspecified atom stereocenters. The number of halogens is 1. The van der Waals surface area contributed by atoms with Gasteiger partial charge in [-0.05, 0) is 18.2 Å². The van der Waals surface area contributed by atoms with Crippen molar-refractivity contribution in [3.05, 3.63) is 28.8 Å². The molecule has 5 nitrogen and oxygen atoms in total. The van der Waals surface area contributed by atoms with E-state index in [4.69, 9.17) is 32.0 Å². The van der Waals surface area contributed by atoms with Gasteiger partial charge in [0, 0.05) is 11.4 Å². The van der Waals surface area contributed by atoms with Gasteiger partial charge in [-0.15, -0.1) is 0 Å². The van der Waals surface area contributed by atoms with Crippen molar-refractivity contribution in [3.63, 3.8) is 0 Å². The molecular weight excluding hydrogens is 244 g/mol. The second-order valence-corrected chi connectivity index (χ2v) is 4.17. The molecule has 1 aliphatic heterocycles. The van der Waals surface area contributed by atoms with Crippen LogP contribution in [0.1, 0.15) is 12.0 Å². The fraction of sp³-hybridized carbons (Fsp3) is 0.364. The van der Waals surface area contributed by atoms with Gasteiger partial charge in [-0.3, -0.25) is 0 Å². The molecule has 1 fully saturated rings. The maximum Gasteiger partial charge on any atom is 0.173 e. The quantitative estimate of drug-likeness (QED) is 0.373. The highest BCUT2D eigenvalue weighted by Gasteiger charge is 2.19. The lowest BCUT2D eigenvalue weighted by Crippen LogP contribution is -2.20. The molecule has 0 amide bonds. The number of rotatable bonds is 3. The molecule has 0 saturated carbocycles. The van der Waals surface area contributed by atoms with Crippen molar-refractivity contribution >= 4 is 17.4 Å². The van der Waals surface area contributed by atoms with Gasteiger partial charge in [0.25, 0.3) is 0 Å². The third-order valence-electron chi connectivity index (χ3n) is 2.51. The molecule has 0 spiro atoms. The van der Waals surface area contributed by atoms with Crippen LogP contribution in [0.15, 0.2) is 23.4 Å². The molecule has 17 heavy (non-hydrogen) atoms. The number of hydrogen-bond donors (Lipinski definition) is 2. The van der Waals surface area contributed by atoms with Crippen LogP contribution in [0.25, 0.3) is 0 Å². The summed E-state index contributed by atoms with van der Waals surface area (Å²) in [6.07, 6.45) is 0.806. The Bertz CT molecular complexity index is 431. The SMILES string of the molecule is NC(=NO)c1ccc(Cl)cc1OC1CCOC1. The largest absolute Gasteiger partial charge is 0.487 e. The van der Waals surface area contributed by atoms with Crippen molar-refractivity contribution < 1.29 is 14.7 Å². The summed E-state index contributed by atoms with van der Waals surface area (Å²) in [5, 5.41) is 12.2. The maximum atomic E-state index is 8.69. The van der Waals surface area contributed by atoms with Gasteiger partial charge in [0.05, 0.1) is 18.8 Å². The standard InChI is InChI=1S/C11H13ClN2O3/c12-7-1-2-9(11(13)14-15)10(5-7)17-8-3-4-16-6-8/h1-2,5,8,15H,3-4,6H2,(H2,13,14). The first-order valence-corrected chi connectivity index (χ1v) is 5.60. The summed E-state index contributed by atoms with van der Waals surface area (Å²) in [6.45, 7) is 1.23. The molecular formula is C11H13ClN2O3. The summed E-state index contributed by atoms with van der Waals surface area (Å²) < 4.78 is 10.9. The van der Waals surface area contributed by atoms with E-state index in [2.05, 4.69) is 5.16 Å². The number of hydrogen-bond acceptors (Lipinski definition) is 4. The van der Waals surface area contributed by atoms with Crippen molar-refractivity contribution in [1.29, 1.82) is 0 Å². The molecule has 0 aliphatic carbocycles. The summed E-state index contributed by atoms with van der Waals surface area (Å²) in [5.74, 6) is 0.499. The first-order valence-electron chi connectivity index (χ1n) is 5.22. The van der Waals surface area contributed by atoms with Gasteiger partial charge in [-0.2, -0.15) is 0 Å². The Balaban J connectivity index is 2.26. The van der Waals surface area contributed by atoms with Crippen LogP contribution in [0.4, 0.5) is 0 Å². The van der Waals surface area contributed by atoms with Crippen LogP contribution in [-0.4, -0.2) is 30.4 Å². The summed E-state index contributed by atoms with van der Waals surface area (Å²) in [6, 6.07) is 4.96. The van der Waals surface area contributed by atoms with E-state index >= 15 is 0 Å². The van der Waals surface area contributed by atoms with E-state index in [1.165, 1.54) is 0 Å². The van der Waals surface area contributed by atoms with Crippen molar-refractivity contribution in [2.75, 3.05) is 13.2 Å². The van der Waals surface area contributed by atoms with Crippen molar-refractivity contribution in [3.8, 4) is 5.75 Å². The van der Waals surface area contributed by atoms with Crippen LogP contribution in [-0.2, 0) is 4.74 Å². The smallest absolute Gasteiger partial charge is 0.173 e. The van der Waals surface area contributed by atoms with Gasteiger partial charge in [-0.1, -0.05) is 16.8 Å². The number of oxime groups is 1. The molecule has 0 aromatic heterocycles. The van der Waals surface area contributed by atoms with Crippen LogP contribution in [0.3, 0.4) is 0 Å². The Labute approximate surface area is 104 Å². The molecule has 1 aromatic carbocycles. The van der Waals surface area contributed by atoms with Crippen LogP contribution >= 0.6 is 11.6 Å². The van der Waals surface area contributed by atoms with E-state index in [-0.39, 0.29) is 11.9 Å². The first-order chi connectivity index (χ1) is 8.20. The number of nitrogens with two attached hydrogens (primary N) is 1. The lowest BCUT2D eigenvalue weighted by atomic mass is 10.2. The van der Waals surface area contributed by atoms with Crippen LogP contribution in [0, 0.1) is 0 Å². The van der Waals surface area contributed by atoms with Crippen LogP contribution in [0.5, 0.6) is 5.75 Å². The van der Waals surface area contributed by atoms with Gasteiger partial charge >= 0.3 is 0 Å². The Morgan fingerprint density at radius 3 is 3.06 bits per heavy atom. The molecule has 0 radical (unpaired) electrons. The lowest BCUT2D eigenvalue weighted by Gasteiger charge is -2.15. The highest BCUT2D eigenvalue weighted by molar-refractivity contribution is 6.30. The Morgan fingerprint density at radius 1 is 1.59 bits per heavy atom.